The van der Waals surface area contributed by atoms with Crippen LogP contribution in [0.4, 0.5) is 11.5 Å². The highest BCUT2D eigenvalue weighted by atomic mass is 35.5. The third kappa shape index (κ3) is 5.20. The molecule has 1 amide bonds. The van der Waals surface area contributed by atoms with Gasteiger partial charge in [-0.05, 0) is 6.07 Å². The van der Waals surface area contributed by atoms with Crippen molar-refractivity contribution in [1.29, 1.82) is 0 Å². The number of amides is 1. The quantitative estimate of drug-likeness (QED) is 0.641. The van der Waals surface area contributed by atoms with Crippen molar-refractivity contribution < 1.29 is 9.53 Å². The van der Waals surface area contributed by atoms with Gasteiger partial charge in [0.15, 0.2) is 0 Å². The molecule has 0 aliphatic carbocycles. The van der Waals surface area contributed by atoms with E-state index in [2.05, 4.69) is 15.6 Å². The summed E-state index contributed by atoms with van der Waals surface area (Å²) < 4.78 is 4.82. The van der Waals surface area contributed by atoms with Gasteiger partial charge in [-0.1, -0.05) is 11.6 Å². The molecule has 0 aliphatic heterocycles. The van der Waals surface area contributed by atoms with Gasteiger partial charge in [-0.25, -0.2) is 4.98 Å². The van der Waals surface area contributed by atoms with Gasteiger partial charge in [0, 0.05) is 26.6 Å². The van der Waals surface area contributed by atoms with Crippen LogP contribution in [0.5, 0.6) is 0 Å². The average molecular weight is 273 g/mol. The molecule has 0 aromatic carbocycles. The summed E-state index contributed by atoms with van der Waals surface area (Å²) in [7, 11) is 1.59. The van der Waals surface area contributed by atoms with Crippen LogP contribution in [0.3, 0.4) is 0 Å². The average Bonchev–Trinajstić information content (AvgIpc) is 2.32. The number of halogens is 1. The fourth-order valence-electron chi connectivity index (χ4n) is 1.26. The fraction of sp³-hybridized carbons (Fsp3) is 0.455. The molecule has 1 aromatic rings. The van der Waals surface area contributed by atoms with Crippen LogP contribution in [0, 0.1) is 0 Å². The van der Waals surface area contributed by atoms with E-state index in [1.165, 1.54) is 6.20 Å². The topological polar surface area (TPSA) is 89.3 Å². The monoisotopic (exact) mass is 272 g/mol. The summed E-state index contributed by atoms with van der Waals surface area (Å²) in [6.07, 6.45) is 1.85. The van der Waals surface area contributed by atoms with Gasteiger partial charge in [0.25, 0.3) is 0 Å². The molecule has 0 unspecified atom stereocenters. The Bertz CT molecular complexity index is 401. The number of nitrogen functional groups attached to an aromatic ring is 1. The molecule has 6 nitrogen and oxygen atoms in total. The molecule has 0 aliphatic rings. The zero-order valence-corrected chi connectivity index (χ0v) is 11.0. The summed E-state index contributed by atoms with van der Waals surface area (Å²) in [5, 5.41) is 6.13. The van der Waals surface area contributed by atoms with E-state index in [-0.39, 0.29) is 5.91 Å². The lowest BCUT2D eigenvalue weighted by Gasteiger charge is -2.08. The summed E-state index contributed by atoms with van der Waals surface area (Å²) in [4.78, 5) is 15.4. The number of carbonyl (C=O) groups excluding carboxylic acids is 1. The maximum atomic E-state index is 11.4. The van der Waals surface area contributed by atoms with Crippen molar-refractivity contribution in [2.24, 2.45) is 0 Å². The fourth-order valence-corrected chi connectivity index (χ4v) is 1.50. The molecule has 0 radical (unpaired) electrons. The van der Waals surface area contributed by atoms with Gasteiger partial charge in [0.05, 0.1) is 23.5 Å². The molecular weight excluding hydrogens is 256 g/mol. The second-order valence-corrected chi connectivity index (χ2v) is 4.03. The summed E-state index contributed by atoms with van der Waals surface area (Å²) in [6, 6.07) is 1.61. The van der Waals surface area contributed by atoms with E-state index in [1.807, 2.05) is 0 Å². The molecule has 0 atom stereocenters. The first kappa shape index (κ1) is 14.5. The molecule has 18 heavy (non-hydrogen) atoms. The van der Waals surface area contributed by atoms with Crippen molar-refractivity contribution in [3.8, 4) is 0 Å². The Morgan fingerprint density at radius 2 is 2.33 bits per heavy atom. The van der Waals surface area contributed by atoms with Crippen molar-refractivity contribution >= 4 is 29.0 Å². The van der Waals surface area contributed by atoms with E-state index < -0.39 is 0 Å². The van der Waals surface area contributed by atoms with Crippen LogP contribution in [0.1, 0.15) is 6.42 Å². The highest BCUT2D eigenvalue weighted by Gasteiger charge is 2.04. The number of ether oxygens (including phenoxy) is 1. The van der Waals surface area contributed by atoms with Crippen molar-refractivity contribution in [2.45, 2.75) is 6.42 Å². The summed E-state index contributed by atoms with van der Waals surface area (Å²) in [5.41, 5.74) is 6.02. The van der Waals surface area contributed by atoms with Crippen LogP contribution in [-0.4, -0.2) is 37.7 Å². The smallest absolute Gasteiger partial charge is 0.221 e. The minimum Gasteiger partial charge on any atom is -0.397 e. The number of pyridine rings is 1. The van der Waals surface area contributed by atoms with E-state index in [1.54, 1.807) is 13.2 Å². The van der Waals surface area contributed by atoms with E-state index >= 15 is 0 Å². The summed E-state index contributed by atoms with van der Waals surface area (Å²) in [6.45, 7) is 1.47. The van der Waals surface area contributed by atoms with Gasteiger partial charge in [-0.15, -0.1) is 0 Å². The lowest BCUT2D eigenvalue weighted by atomic mass is 10.3. The highest BCUT2D eigenvalue weighted by Crippen LogP contribution is 2.20. The third-order valence-electron chi connectivity index (χ3n) is 2.14. The molecule has 100 valence electrons. The molecule has 0 spiro atoms. The van der Waals surface area contributed by atoms with Crippen LogP contribution in [0.25, 0.3) is 0 Å². The predicted molar refractivity (Wildman–Crippen MR) is 71.7 cm³/mol. The predicted octanol–water partition coefficient (Wildman–Crippen LogP) is 0.882. The Balaban J connectivity index is 2.26. The molecule has 1 aromatic heterocycles. The molecule has 1 heterocycles. The number of anilines is 2. The minimum atomic E-state index is -0.0499. The van der Waals surface area contributed by atoms with E-state index in [0.717, 1.165) is 0 Å². The Hall–Kier alpha value is -1.53. The zero-order valence-electron chi connectivity index (χ0n) is 10.2. The third-order valence-corrected chi connectivity index (χ3v) is 2.42. The number of carbonyl (C=O) groups is 1. The van der Waals surface area contributed by atoms with Crippen LogP contribution in [0.2, 0.25) is 5.02 Å². The SMILES string of the molecule is COCCNC(=O)CCNc1ncc(N)cc1Cl. The highest BCUT2D eigenvalue weighted by molar-refractivity contribution is 6.33. The van der Waals surface area contributed by atoms with Crippen LogP contribution >= 0.6 is 11.6 Å². The summed E-state index contributed by atoms with van der Waals surface area (Å²) >= 11 is 5.93. The number of aromatic nitrogens is 1. The lowest BCUT2D eigenvalue weighted by Crippen LogP contribution is -2.28. The molecule has 7 heteroatoms. The van der Waals surface area contributed by atoms with Gasteiger partial charge >= 0.3 is 0 Å². The molecule has 0 bridgehead atoms. The minimum absolute atomic E-state index is 0.0499. The van der Waals surface area contributed by atoms with Crippen molar-refractivity contribution in [1.82, 2.24) is 10.3 Å². The molecule has 0 saturated carbocycles. The summed E-state index contributed by atoms with van der Waals surface area (Å²) in [5.74, 6) is 0.474. The van der Waals surface area contributed by atoms with Gasteiger partial charge in [-0.3, -0.25) is 4.79 Å². The largest absolute Gasteiger partial charge is 0.397 e. The van der Waals surface area contributed by atoms with Crippen molar-refractivity contribution in [2.75, 3.05) is 37.9 Å². The van der Waals surface area contributed by atoms with Gasteiger partial charge in [0.2, 0.25) is 5.91 Å². The van der Waals surface area contributed by atoms with Crippen LogP contribution in [-0.2, 0) is 9.53 Å². The Morgan fingerprint density at radius 3 is 3.00 bits per heavy atom. The lowest BCUT2D eigenvalue weighted by molar-refractivity contribution is -0.121. The van der Waals surface area contributed by atoms with Crippen molar-refractivity contribution in [3.05, 3.63) is 17.3 Å². The Morgan fingerprint density at radius 1 is 1.56 bits per heavy atom. The van der Waals surface area contributed by atoms with E-state index in [4.69, 9.17) is 22.1 Å². The van der Waals surface area contributed by atoms with Gasteiger partial charge in [0.1, 0.15) is 5.82 Å². The second-order valence-electron chi connectivity index (χ2n) is 3.62. The van der Waals surface area contributed by atoms with E-state index in [0.29, 0.717) is 42.6 Å². The Labute approximate surface area is 111 Å². The van der Waals surface area contributed by atoms with Crippen molar-refractivity contribution in [3.63, 3.8) is 0 Å². The number of nitrogens with zero attached hydrogens (tertiary/aromatic N) is 1. The maximum absolute atomic E-state index is 11.4. The molecular formula is C11H17ClN4O2. The van der Waals surface area contributed by atoms with E-state index in [9.17, 15) is 4.79 Å². The standard InChI is InChI=1S/C11H17ClN4O2/c1-18-5-4-14-10(17)2-3-15-11-9(12)6-8(13)7-16-11/h6-7H,2-5,13H2,1H3,(H,14,17)(H,15,16). The first-order valence-corrected chi connectivity index (χ1v) is 5.92. The molecule has 0 saturated heterocycles. The Kier molecular flexibility index (Phi) is 6.24. The first-order valence-electron chi connectivity index (χ1n) is 5.54. The number of rotatable bonds is 7. The molecule has 4 N–H and O–H groups in total. The number of methoxy groups -OCH3 is 1. The molecule has 0 fully saturated rings. The maximum Gasteiger partial charge on any atom is 0.221 e. The van der Waals surface area contributed by atoms with Gasteiger partial charge < -0.3 is 21.1 Å². The van der Waals surface area contributed by atoms with Crippen LogP contribution < -0.4 is 16.4 Å². The normalized spacial score (nSPS) is 10.1. The number of nitrogens with one attached hydrogen (secondary N) is 2. The van der Waals surface area contributed by atoms with Crippen LogP contribution in [0.15, 0.2) is 12.3 Å². The number of nitrogens with two attached hydrogens (primary N) is 1. The second kappa shape index (κ2) is 7.73. The number of hydrogen-bond donors (Lipinski definition) is 3. The zero-order chi connectivity index (χ0) is 13.4. The number of hydrogen-bond acceptors (Lipinski definition) is 5. The van der Waals surface area contributed by atoms with Gasteiger partial charge in [-0.2, -0.15) is 0 Å². The molecule has 1 rings (SSSR count). The first-order chi connectivity index (χ1) is 8.63.